The Labute approximate surface area is 126 Å². The van der Waals surface area contributed by atoms with Gasteiger partial charge in [0.1, 0.15) is 0 Å². The van der Waals surface area contributed by atoms with Gasteiger partial charge in [-0.2, -0.15) is 0 Å². The van der Waals surface area contributed by atoms with Gasteiger partial charge in [-0.05, 0) is 50.8 Å². The lowest BCUT2D eigenvalue weighted by Gasteiger charge is -2.23. The quantitative estimate of drug-likeness (QED) is 0.751. The molecule has 1 heterocycles. The van der Waals surface area contributed by atoms with E-state index in [4.69, 9.17) is 0 Å². The standard InChI is InChI=1S/C17H26N2O2/c1-13(11-16(20)15-5-3-2-4-6-15)19-17(21)12-14-7-9-18-10-8-14/h2-6,13-14,16,18,20H,7-12H2,1H3,(H,19,21). The number of aliphatic hydroxyl groups is 1. The highest BCUT2D eigenvalue weighted by molar-refractivity contribution is 5.76. The van der Waals surface area contributed by atoms with Crippen LogP contribution >= 0.6 is 0 Å². The second-order valence-electron chi connectivity index (χ2n) is 6.03. The molecule has 0 aromatic heterocycles. The maximum absolute atomic E-state index is 12.0. The molecule has 0 radical (unpaired) electrons. The molecule has 2 rings (SSSR count). The lowest BCUT2D eigenvalue weighted by Crippen LogP contribution is -2.36. The Morgan fingerprint density at radius 2 is 2.00 bits per heavy atom. The third-order valence-electron chi connectivity index (χ3n) is 4.10. The van der Waals surface area contributed by atoms with E-state index >= 15 is 0 Å². The minimum Gasteiger partial charge on any atom is -0.388 e. The average Bonchev–Trinajstić information content (AvgIpc) is 2.48. The van der Waals surface area contributed by atoms with Crippen molar-refractivity contribution in [1.82, 2.24) is 10.6 Å². The number of piperidine rings is 1. The summed E-state index contributed by atoms with van der Waals surface area (Å²) in [4.78, 5) is 12.0. The third kappa shape index (κ3) is 5.48. The molecule has 1 fully saturated rings. The van der Waals surface area contributed by atoms with Crippen LogP contribution in [0.3, 0.4) is 0 Å². The van der Waals surface area contributed by atoms with Crippen LogP contribution in [-0.4, -0.2) is 30.1 Å². The molecular weight excluding hydrogens is 264 g/mol. The van der Waals surface area contributed by atoms with Crippen LogP contribution in [0.1, 0.15) is 44.3 Å². The number of amides is 1. The minimum absolute atomic E-state index is 0.0191. The molecule has 1 aliphatic rings. The highest BCUT2D eigenvalue weighted by Gasteiger charge is 2.19. The monoisotopic (exact) mass is 290 g/mol. The second kappa shape index (κ2) is 8.15. The average molecular weight is 290 g/mol. The fourth-order valence-electron chi connectivity index (χ4n) is 2.89. The number of rotatable bonds is 6. The molecule has 0 aliphatic carbocycles. The molecular formula is C17H26N2O2. The van der Waals surface area contributed by atoms with Crippen LogP contribution in [0.5, 0.6) is 0 Å². The van der Waals surface area contributed by atoms with Gasteiger partial charge in [-0.3, -0.25) is 4.79 Å². The van der Waals surface area contributed by atoms with Crippen LogP contribution in [0.25, 0.3) is 0 Å². The summed E-state index contributed by atoms with van der Waals surface area (Å²) in [6.07, 6.45) is 2.78. The highest BCUT2D eigenvalue weighted by atomic mass is 16.3. The molecule has 2 unspecified atom stereocenters. The summed E-state index contributed by atoms with van der Waals surface area (Å²) in [6.45, 7) is 3.98. The molecule has 0 bridgehead atoms. The molecule has 0 spiro atoms. The maximum atomic E-state index is 12.0. The first-order valence-electron chi connectivity index (χ1n) is 7.88. The summed E-state index contributed by atoms with van der Waals surface area (Å²) in [5, 5.41) is 16.5. The molecule has 3 N–H and O–H groups in total. The Hall–Kier alpha value is -1.39. The van der Waals surface area contributed by atoms with Crippen molar-refractivity contribution in [3.63, 3.8) is 0 Å². The van der Waals surface area contributed by atoms with Gasteiger partial charge in [0.2, 0.25) is 5.91 Å². The largest absolute Gasteiger partial charge is 0.388 e. The number of carbonyl (C=O) groups excluding carboxylic acids is 1. The van der Waals surface area contributed by atoms with Gasteiger partial charge in [0.25, 0.3) is 0 Å². The third-order valence-corrected chi connectivity index (χ3v) is 4.10. The van der Waals surface area contributed by atoms with Gasteiger partial charge in [0.15, 0.2) is 0 Å². The van der Waals surface area contributed by atoms with Gasteiger partial charge in [-0.1, -0.05) is 30.3 Å². The Morgan fingerprint density at radius 1 is 1.33 bits per heavy atom. The Bertz CT molecular complexity index is 430. The van der Waals surface area contributed by atoms with E-state index in [9.17, 15) is 9.90 Å². The Morgan fingerprint density at radius 3 is 2.67 bits per heavy atom. The van der Waals surface area contributed by atoms with E-state index in [1.807, 2.05) is 37.3 Å². The minimum atomic E-state index is -0.527. The summed E-state index contributed by atoms with van der Waals surface area (Å²) in [5.41, 5.74) is 0.900. The predicted octanol–water partition coefficient (Wildman–Crippen LogP) is 2.00. The second-order valence-corrected chi connectivity index (χ2v) is 6.03. The summed E-state index contributed by atoms with van der Waals surface area (Å²) in [6, 6.07) is 9.57. The molecule has 1 aliphatic heterocycles. The number of benzene rings is 1. The summed E-state index contributed by atoms with van der Waals surface area (Å²) >= 11 is 0. The van der Waals surface area contributed by atoms with E-state index in [2.05, 4.69) is 10.6 Å². The van der Waals surface area contributed by atoms with Gasteiger partial charge < -0.3 is 15.7 Å². The lowest BCUT2D eigenvalue weighted by molar-refractivity contribution is -0.123. The first-order valence-corrected chi connectivity index (χ1v) is 7.88. The molecule has 4 heteroatoms. The zero-order valence-electron chi connectivity index (χ0n) is 12.7. The predicted molar refractivity (Wildman–Crippen MR) is 83.8 cm³/mol. The van der Waals surface area contributed by atoms with Crippen LogP contribution < -0.4 is 10.6 Å². The SMILES string of the molecule is CC(CC(O)c1ccccc1)NC(=O)CC1CCNCC1. The summed E-state index contributed by atoms with van der Waals surface area (Å²) in [7, 11) is 0. The van der Waals surface area contributed by atoms with Crippen LogP contribution in [0.2, 0.25) is 0 Å². The first kappa shape index (κ1) is 16.0. The van der Waals surface area contributed by atoms with Crippen molar-refractivity contribution in [2.75, 3.05) is 13.1 Å². The van der Waals surface area contributed by atoms with Crippen molar-refractivity contribution in [3.8, 4) is 0 Å². The molecule has 116 valence electrons. The van der Waals surface area contributed by atoms with Crippen LogP contribution in [0, 0.1) is 5.92 Å². The van der Waals surface area contributed by atoms with E-state index in [1.165, 1.54) is 0 Å². The number of hydrogen-bond donors (Lipinski definition) is 3. The first-order chi connectivity index (χ1) is 10.1. The van der Waals surface area contributed by atoms with Crippen molar-refractivity contribution in [1.29, 1.82) is 0 Å². The van der Waals surface area contributed by atoms with Crippen LogP contribution in [0.4, 0.5) is 0 Å². The van der Waals surface area contributed by atoms with Gasteiger partial charge in [0, 0.05) is 12.5 Å². The van der Waals surface area contributed by atoms with Gasteiger partial charge in [-0.25, -0.2) is 0 Å². The normalized spacial score (nSPS) is 19.0. The fraction of sp³-hybridized carbons (Fsp3) is 0.588. The smallest absolute Gasteiger partial charge is 0.220 e. The zero-order valence-corrected chi connectivity index (χ0v) is 12.7. The van der Waals surface area contributed by atoms with Crippen LogP contribution in [-0.2, 0) is 4.79 Å². The van der Waals surface area contributed by atoms with Gasteiger partial charge in [-0.15, -0.1) is 0 Å². The molecule has 1 amide bonds. The summed E-state index contributed by atoms with van der Waals surface area (Å²) < 4.78 is 0. The highest BCUT2D eigenvalue weighted by Crippen LogP contribution is 2.19. The molecule has 1 saturated heterocycles. The van der Waals surface area contributed by atoms with Crippen molar-refractivity contribution in [2.24, 2.45) is 5.92 Å². The zero-order chi connectivity index (χ0) is 15.1. The van der Waals surface area contributed by atoms with E-state index in [1.54, 1.807) is 0 Å². The van der Waals surface area contributed by atoms with Gasteiger partial charge >= 0.3 is 0 Å². The topological polar surface area (TPSA) is 61.4 Å². The Kier molecular flexibility index (Phi) is 6.21. The van der Waals surface area contributed by atoms with Crippen molar-refractivity contribution in [2.45, 2.75) is 44.8 Å². The maximum Gasteiger partial charge on any atom is 0.220 e. The molecule has 2 atom stereocenters. The number of aliphatic hydroxyl groups excluding tert-OH is 1. The van der Waals surface area contributed by atoms with E-state index < -0.39 is 6.10 Å². The Balaban J connectivity index is 1.73. The molecule has 1 aromatic rings. The number of carbonyl (C=O) groups is 1. The fourth-order valence-corrected chi connectivity index (χ4v) is 2.89. The van der Waals surface area contributed by atoms with Crippen molar-refractivity contribution >= 4 is 5.91 Å². The number of nitrogens with one attached hydrogen (secondary N) is 2. The lowest BCUT2D eigenvalue weighted by atomic mass is 9.94. The van der Waals surface area contributed by atoms with E-state index in [0.29, 0.717) is 18.8 Å². The van der Waals surface area contributed by atoms with Gasteiger partial charge in [0.05, 0.1) is 6.10 Å². The molecule has 0 saturated carbocycles. The molecule has 4 nitrogen and oxygen atoms in total. The van der Waals surface area contributed by atoms with E-state index in [0.717, 1.165) is 31.5 Å². The number of hydrogen-bond acceptors (Lipinski definition) is 3. The van der Waals surface area contributed by atoms with Crippen LogP contribution in [0.15, 0.2) is 30.3 Å². The molecule has 21 heavy (non-hydrogen) atoms. The molecule has 1 aromatic carbocycles. The van der Waals surface area contributed by atoms with Crippen molar-refractivity contribution < 1.29 is 9.90 Å². The van der Waals surface area contributed by atoms with Crippen molar-refractivity contribution in [3.05, 3.63) is 35.9 Å². The van der Waals surface area contributed by atoms with E-state index in [-0.39, 0.29) is 11.9 Å². The summed E-state index contributed by atoms with van der Waals surface area (Å²) in [5.74, 6) is 0.604.